The molecule has 0 aliphatic carbocycles. The molecule has 27 heavy (non-hydrogen) atoms. The topological polar surface area (TPSA) is 103 Å². The minimum atomic E-state index is -4.90. The molecule has 3 aromatic rings. The largest absolute Gasteiger partial charge is 0.573 e. The molecular formula is C17H12F3N5O2. The number of benzene rings is 1. The third-order valence-corrected chi connectivity index (χ3v) is 3.33. The zero-order chi connectivity index (χ0) is 19.4. The maximum atomic E-state index is 12.5. The highest BCUT2D eigenvalue weighted by Gasteiger charge is 2.32. The number of ether oxygens (including phenoxy) is 1. The lowest BCUT2D eigenvalue weighted by atomic mass is 10.2. The van der Waals surface area contributed by atoms with Crippen LogP contribution < -0.4 is 15.8 Å². The standard InChI is InChI=1S/C17H12F3N5O2/c18-17(19,20)27-13-6-2-1-5-11(13)25-16(26)14-15(21)23-9-12(24-14)10-4-3-7-22-8-10/h1-9H,(H2,21,23)(H,25,26). The van der Waals surface area contributed by atoms with E-state index in [-0.39, 0.29) is 17.2 Å². The van der Waals surface area contributed by atoms with E-state index in [1.807, 2.05) is 0 Å². The smallest absolute Gasteiger partial charge is 0.404 e. The van der Waals surface area contributed by atoms with E-state index in [2.05, 4.69) is 25.0 Å². The third-order valence-electron chi connectivity index (χ3n) is 3.33. The summed E-state index contributed by atoms with van der Waals surface area (Å²) in [4.78, 5) is 24.5. The molecular weight excluding hydrogens is 363 g/mol. The first-order valence-electron chi connectivity index (χ1n) is 7.52. The SMILES string of the molecule is Nc1ncc(-c2cccnc2)nc1C(=O)Nc1ccccc1OC(F)(F)F. The summed E-state index contributed by atoms with van der Waals surface area (Å²) in [6.07, 6.45) is -0.447. The van der Waals surface area contributed by atoms with Crippen molar-refractivity contribution < 1.29 is 22.7 Å². The summed E-state index contributed by atoms with van der Waals surface area (Å²) in [7, 11) is 0. The van der Waals surface area contributed by atoms with Crippen LogP contribution in [0.1, 0.15) is 10.5 Å². The number of carbonyl (C=O) groups is 1. The van der Waals surface area contributed by atoms with Crippen LogP contribution in [0.5, 0.6) is 5.75 Å². The zero-order valence-corrected chi connectivity index (χ0v) is 13.6. The summed E-state index contributed by atoms with van der Waals surface area (Å²) in [5.41, 5.74) is 6.21. The van der Waals surface area contributed by atoms with Gasteiger partial charge in [0, 0.05) is 18.0 Å². The van der Waals surface area contributed by atoms with E-state index in [1.54, 1.807) is 18.3 Å². The van der Waals surface area contributed by atoms with Crippen LogP contribution in [0.2, 0.25) is 0 Å². The van der Waals surface area contributed by atoms with Gasteiger partial charge in [0.25, 0.3) is 5.91 Å². The van der Waals surface area contributed by atoms with Gasteiger partial charge in [-0.2, -0.15) is 0 Å². The number of nitrogens with two attached hydrogens (primary N) is 1. The fraction of sp³-hybridized carbons (Fsp3) is 0.0588. The second-order valence-corrected chi connectivity index (χ2v) is 5.23. The van der Waals surface area contributed by atoms with E-state index in [0.717, 1.165) is 6.07 Å². The predicted molar refractivity (Wildman–Crippen MR) is 90.8 cm³/mol. The van der Waals surface area contributed by atoms with Crippen molar-refractivity contribution in [3.63, 3.8) is 0 Å². The van der Waals surface area contributed by atoms with Crippen molar-refractivity contribution in [3.8, 4) is 17.0 Å². The Labute approximate surface area is 151 Å². The Balaban J connectivity index is 1.89. The van der Waals surface area contributed by atoms with Gasteiger partial charge in [-0.25, -0.2) is 9.97 Å². The van der Waals surface area contributed by atoms with Gasteiger partial charge in [-0.1, -0.05) is 12.1 Å². The van der Waals surface area contributed by atoms with Gasteiger partial charge in [-0.15, -0.1) is 13.2 Å². The van der Waals surface area contributed by atoms with Gasteiger partial charge in [-0.3, -0.25) is 9.78 Å². The van der Waals surface area contributed by atoms with Gasteiger partial charge in [-0.05, 0) is 24.3 Å². The van der Waals surface area contributed by atoms with Crippen LogP contribution in [-0.2, 0) is 0 Å². The van der Waals surface area contributed by atoms with Crippen molar-refractivity contribution in [2.75, 3.05) is 11.1 Å². The van der Waals surface area contributed by atoms with Crippen LogP contribution in [0.3, 0.4) is 0 Å². The van der Waals surface area contributed by atoms with Gasteiger partial charge in [0.15, 0.2) is 17.3 Å². The lowest BCUT2D eigenvalue weighted by Crippen LogP contribution is -2.21. The predicted octanol–water partition coefficient (Wildman–Crippen LogP) is 3.27. The van der Waals surface area contributed by atoms with E-state index in [4.69, 9.17) is 5.73 Å². The molecule has 2 aromatic heterocycles. The van der Waals surface area contributed by atoms with E-state index in [9.17, 15) is 18.0 Å². The number of pyridine rings is 1. The Morgan fingerprint density at radius 1 is 1.11 bits per heavy atom. The molecule has 10 heteroatoms. The average Bonchev–Trinajstić information content (AvgIpc) is 2.63. The molecule has 0 fully saturated rings. The maximum absolute atomic E-state index is 12.5. The Hall–Kier alpha value is -3.69. The molecule has 0 atom stereocenters. The van der Waals surface area contributed by atoms with Crippen molar-refractivity contribution in [2.24, 2.45) is 0 Å². The summed E-state index contributed by atoms with van der Waals surface area (Å²) in [5, 5.41) is 2.31. The summed E-state index contributed by atoms with van der Waals surface area (Å²) in [6.45, 7) is 0. The van der Waals surface area contributed by atoms with Crippen molar-refractivity contribution in [2.45, 2.75) is 6.36 Å². The van der Waals surface area contributed by atoms with Crippen LogP contribution in [0, 0.1) is 0 Å². The molecule has 0 saturated carbocycles. The molecule has 0 saturated heterocycles. The van der Waals surface area contributed by atoms with Crippen LogP contribution in [0.25, 0.3) is 11.3 Å². The number of aromatic nitrogens is 3. The highest BCUT2D eigenvalue weighted by molar-refractivity contribution is 6.06. The van der Waals surface area contributed by atoms with Gasteiger partial charge in [0.1, 0.15) is 0 Å². The first kappa shape index (κ1) is 18.1. The third kappa shape index (κ3) is 4.48. The number of rotatable bonds is 4. The van der Waals surface area contributed by atoms with Crippen molar-refractivity contribution in [1.29, 1.82) is 0 Å². The molecule has 0 spiro atoms. The van der Waals surface area contributed by atoms with Gasteiger partial charge >= 0.3 is 6.36 Å². The zero-order valence-electron chi connectivity index (χ0n) is 13.6. The Morgan fingerprint density at radius 2 is 1.89 bits per heavy atom. The highest BCUT2D eigenvalue weighted by Crippen LogP contribution is 2.30. The van der Waals surface area contributed by atoms with Crippen LogP contribution in [0.15, 0.2) is 55.0 Å². The fourth-order valence-corrected chi connectivity index (χ4v) is 2.18. The summed E-state index contributed by atoms with van der Waals surface area (Å²) >= 11 is 0. The second-order valence-electron chi connectivity index (χ2n) is 5.23. The Kier molecular flexibility index (Phi) is 4.88. The molecule has 7 nitrogen and oxygen atoms in total. The number of nitrogen functional groups attached to an aromatic ring is 1. The number of halogens is 3. The molecule has 0 radical (unpaired) electrons. The molecule has 0 unspecified atom stereocenters. The van der Waals surface area contributed by atoms with Crippen LogP contribution in [-0.4, -0.2) is 27.2 Å². The number of amides is 1. The molecule has 3 rings (SSSR count). The lowest BCUT2D eigenvalue weighted by Gasteiger charge is -2.14. The summed E-state index contributed by atoms with van der Waals surface area (Å²) in [5.74, 6) is -1.56. The van der Waals surface area contributed by atoms with Crippen molar-refractivity contribution in [1.82, 2.24) is 15.0 Å². The summed E-state index contributed by atoms with van der Waals surface area (Å²) < 4.78 is 41.4. The molecule has 2 heterocycles. The average molecular weight is 375 g/mol. The first-order chi connectivity index (χ1) is 12.8. The molecule has 1 aromatic carbocycles. The van der Waals surface area contributed by atoms with Crippen LogP contribution >= 0.6 is 0 Å². The van der Waals surface area contributed by atoms with Crippen molar-refractivity contribution >= 4 is 17.4 Å². The molecule has 0 aliphatic rings. The minimum absolute atomic E-state index is 0.172. The second kappa shape index (κ2) is 7.28. The van der Waals surface area contributed by atoms with Crippen LogP contribution in [0.4, 0.5) is 24.7 Å². The first-order valence-corrected chi connectivity index (χ1v) is 7.52. The monoisotopic (exact) mass is 375 g/mol. The number of para-hydroxylation sites is 2. The highest BCUT2D eigenvalue weighted by atomic mass is 19.4. The number of hydrogen-bond donors (Lipinski definition) is 2. The molecule has 138 valence electrons. The Morgan fingerprint density at radius 3 is 2.59 bits per heavy atom. The van der Waals surface area contributed by atoms with Gasteiger partial charge in [0.2, 0.25) is 0 Å². The van der Waals surface area contributed by atoms with E-state index in [1.165, 1.54) is 30.6 Å². The van der Waals surface area contributed by atoms with E-state index in [0.29, 0.717) is 11.3 Å². The fourth-order valence-electron chi connectivity index (χ4n) is 2.18. The van der Waals surface area contributed by atoms with Crippen molar-refractivity contribution in [3.05, 3.63) is 60.7 Å². The number of hydrogen-bond acceptors (Lipinski definition) is 6. The molecule has 3 N–H and O–H groups in total. The lowest BCUT2D eigenvalue weighted by molar-refractivity contribution is -0.274. The number of alkyl halides is 3. The van der Waals surface area contributed by atoms with Gasteiger partial charge < -0.3 is 15.8 Å². The summed E-state index contributed by atoms with van der Waals surface area (Å²) in [6, 6.07) is 8.50. The quantitative estimate of drug-likeness (QED) is 0.725. The molecule has 0 aliphatic heterocycles. The normalized spacial score (nSPS) is 11.1. The molecule has 1 amide bonds. The van der Waals surface area contributed by atoms with E-state index < -0.39 is 18.0 Å². The molecule has 0 bridgehead atoms. The van der Waals surface area contributed by atoms with Gasteiger partial charge in [0.05, 0.1) is 17.6 Å². The maximum Gasteiger partial charge on any atom is 0.573 e. The minimum Gasteiger partial charge on any atom is -0.404 e. The number of anilines is 2. The number of nitrogens with one attached hydrogen (secondary N) is 1. The van der Waals surface area contributed by atoms with E-state index >= 15 is 0 Å². The Bertz CT molecular complexity index is 964. The number of carbonyl (C=O) groups excluding carboxylic acids is 1. The number of nitrogens with zero attached hydrogens (tertiary/aromatic N) is 3.